The average molecular weight is 656 g/mol. The average Bonchev–Trinajstić information content (AvgIpc) is 3.87. The molecule has 2 heterocycles. The van der Waals surface area contributed by atoms with Crippen LogP contribution < -0.4 is 0 Å². The Morgan fingerprint density at radius 3 is 1.80 bits per heavy atom. The maximum Gasteiger partial charge on any atom is 0.227 e. The van der Waals surface area contributed by atoms with Crippen molar-refractivity contribution in [2.24, 2.45) is 0 Å². The fourth-order valence-electron chi connectivity index (χ4n) is 7.39. The quantitative estimate of drug-likeness (QED) is 0.175. The highest BCUT2D eigenvalue weighted by Gasteiger charge is 2.35. The van der Waals surface area contributed by atoms with Gasteiger partial charge in [-0.25, -0.2) is 14.8 Å². The van der Waals surface area contributed by atoms with Crippen LogP contribution in [0.5, 0.6) is 0 Å². The van der Waals surface area contributed by atoms with Crippen molar-refractivity contribution in [3.63, 3.8) is 0 Å². The molecular weight excluding hydrogens is 631 g/mol. The Kier molecular flexibility index (Phi) is 6.52. The van der Waals surface area contributed by atoms with E-state index in [1.807, 2.05) is 84.9 Å². The van der Waals surface area contributed by atoms with Gasteiger partial charge in [0.2, 0.25) is 17.5 Å². The summed E-state index contributed by atoms with van der Waals surface area (Å²) in [5.41, 5.74) is 11.0. The lowest BCUT2D eigenvalue weighted by atomic mass is 9.80. The number of nitrogens with zero attached hydrogens (tertiary/aromatic N) is 5. The first-order valence-corrected chi connectivity index (χ1v) is 16.4. The third-order valence-corrected chi connectivity index (χ3v) is 9.84. The van der Waals surface area contributed by atoms with E-state index < -0.39 is 0 Å². The molecule has 0 unspecified atom stereocenters. The Labute approximate surface area is 293 Å². The predicted molar refractivity (Wildman–Crippen MR) is 197 cm³/mol. The van der Waals surface area contributed by atoms with E-state index in [1.165, 1.54) is 11.1 Å². The summed E-state index contributed by atoms with van der Waals surface area (Å²) in [5, 5.41) is 21.3. The van der Waals surface area contributed by atoms with E-state index in [9.17, 15) is 10.5 Å². The van der Waals surface area contributed by atoms with E-state index in [1.54, 1.807) is 6.07 Å². The number of benzene rings is 6. The molecule has 0 amide bonds. The number of hydrogen-bond donors (Lipinski definition) is 0. The normalized spacial score (nSPS) is 12.6. The molecule has 0 saturated heterocycles. The zero-order valence-electron chi connectivity index (χ0n) is 27.5. The van der Waals surface area contributed by atoms with Gasteiger partial charge in [-0.1, -0.05) is 74.5 Å². The first-order chi connectivity index (χ1) is 24.9. The van der Waals surface area contributed by atoms with Gasteiger partial charge in [0.05, 0.1) is 29.8 Å². The van der Waals surface area contributed by atoms with Crippen molar-refractivity contribution in [2.45, 2.75) is 19.3 Å². The van der Waals surface area contributed by atoms with Crippen molar-refractivity contribution in [1.82, 2.24) is 9.97 Å². The van der Waals surface area contributed by atoms with Crippen molar-refractivity contribution in [3.8, 4) is 68.4 Å². The molecule has 0 saturated carbocycles. The summed E-state index contributed by atoms with van der Waals surface area (Å²) >= 11 is 0. The van der Waals surface area contributed by atoms with Crippen LogP contribution in [0.4, 0.5) is 5.69 Å². The van der Waals surface area contributed by atoms with Gasteiger partial charge < -0.3 is 8.83 Å². The van der Waals surface area contributed by atoms with Gasteiger partial charge in [-0.2, -0.15) is 10.5 Å². The highest BCUT2D eigenvalue weighted by molar-refractivity contribution is 5.95. The van der Waals surface area contributed by atoms with Crippen LogP contribution in [0.25, 0.3) is 83.3 Å². The second-order valence-corrected chi connectivity index (χ2v) is 13.1. The summed E-state index contributed by atoms with van der Waals surface area (Å²) in [7, 11) is 0. The van der Waals surface area contributed by atoms with Gasteiger partial charge >= 0.3 is 0 Å². The van der Waals surface area contributed by atoms with Crippen LogP contribution in [0, 0.1) is 29.2 Å². The van der Waals surface area contributed by atoms with Gasteiger partial charge in [-0.15, -0.1) is 0 Å². The second kappa shape index (κ2) is 11.1. The minimum atomic E-state index is -0.281. The van der Waals surface area contributed by atoms with Crippen LogP contribution in [0.15, 0.2) is 124 Å². The molecule has 51 heavy (non-hydrogen) atoms. The number of fused-ring (bicyclic) bond motifs is 5. The molecule has 0 fully saturated rings. The fourth-order valence-corrected chi connectivity index (χ4v) is 7.39. The van der Waals surface area contributed by atoms with E-state index in [4.69, 9.17) is 25.4 Å². The topological polar surface area (TPSA) is 104 Å². The highest BCUT2D eigenvalue weighted by Crippen LogP contribution is 2.51. The third-order valence-electron chi connectivity index (χ3n) is 9.84. The molecule has 0 N–H and O–H groups in total. The fraction of sp³-hybridized carbons (Fsp3) is 0.0682. The first-order valence-electron chi connectivity index (χ1n) is 16.4. The lowest BCUT2D eigenvalue weighted by Crippen LogP contribution is -2.15. The van der Waals surface area contributed by atoms with Crippen molar-refractivity contribution in [2.75, 3.05) is 0 Å². The molecule has 2 aromatic heterocycles. The van der Waals surface area contributed by atoms with E-state index in [-0.39, 0.29) is 22.2 Å². The Bertz CT molecular complexity index is 2730. The molecule has 6 aromatic carbocycles. The smallest absolute Gasteiger partial charge is 0.227 e. The summed E-state index contributed by atoms with van der Waals surface area (Å²) in [5.74, 6) is 0.748. The molecular formula is C44H25N5O2. The van der Waals surface area contributed by atoms with Crippen LogP contribution in [0.2, 0.25) is 0 Å². The highest BCUT2D eigenvalue weighted by atomic mass is 16.4. The van der Waals surface area contributed by atoms with Gasteiger partial charge in [-0.05, 0) is 93.5 Å². The first kappa shape index (κ1) is 29.8. The zero-order valence-corrected chi connectivity index (χ0v) is 27.5. The molecule has 1 aliphatic carbocycles. The summed E-state index contributed by atoms with van der Waals surface area (Å²) in [6.45, 7) is 12.7. The van der Waals surface area contributed by atoms with Crippen LogP contribution in [-0.4, -0.2) is 9.97 Å². The molecule has 8 aromatic rings. The van der Waals surface area contributed by atoms with Gasteiger partial charge in [0.15, 0.2) is 11.2 Å². The number of oxazole rings is 2. The lowest BCUT2D eigenvalue weighted by molar-refractivity contribution is 0.617. The second-order valence-electron chi connectivity index (χ2n) is 13.1. The molecule has 7 nitrogen and oxygen atoms in total. The van der Waals surface area contributed by atoms with Crippen molar-refractivity contribution in [1.29, 1.82) is 10.5 Å². The summed E-state index contributed by atoms with van der Waals surface area (Å²) in [4.78, 5) is 13.4. The molecule has 0 radical (unpaired) electrons. The van der Waals surface area contributed by atoms with Crippen LogP contribution in [-0.2, 0) is 5.41 Å². The Morgan fingerprint density at radius 2 is 1.20 bits per heavy atom. The largest absolute Gasteiger partial charge is 0.436 e. The molecule has 0 bridgehead atoms. The third kappa shape index (κ3) is 4.56. The van der Waals surface area contributed by atoms with Crippen molar-refractivity contribution in [3.05, 3.63) is 149 Å². The predicted octanol–water partition coefficient (Wildman–Crippen LogP) is 11.2. The lowest BCUT2D eigenvalue weighted by Gasteiger charge is -2.22. The number of para-hydroxylation sites is 4. The number of hydrogen-bond acceptors (Lipinski definition) is 6. The maximum absolute atomic E-state index is 10.7. The number of nitriles is 2. The molecule has 238 valence electrons. The van der Waals surface area contributed by atoms with E-state index >= 15 is 0 Å². The van der Waals surface area contributed by atoms with E-state index in [0.29, 0.717) is 67.4 Å². The van der Waals surface area contributed by atoms with E-state index in [2.05, 4.69) is 55.1 Å². The summed E-state index contributed by atoms with van der Waals surface area (Å²) in [6.07, 6.45) is 0. The monoisotopic (exact) mass is 655 g/mol. The molecule has 1 aliphatic rings. The molecule has 0 spiro atoms. The van der Waals surface area contributed by atoms with Gasteiger partial charge in [0, 0.05) is 22.1 Å². The van der Waals surface area contributed by atoms with E-state index in [0.717, 1.165) is 11.1 Å². The Morgan fingerprint density at radius 1 is 0.608 bits per heavy atom. The Hall–Kier alpha value is -7.27. The molecule has 7 heteroatoms. The van der Waals surface area contributed by atoms with Gasteiger partial charge in [0.25, 0.3) is 0 Å². The molecule has 9 rings (SSSR count). The van der Waals surface area contributed by atoms with Gasteiger partial charge in [0.1, 0.15) is 11.0 Å². The number of aromatic nitrogens is 2. The molecule has 0 atom stereocenters. The Balaban J connectivity index is 1.26. The van der Waals surface area contributed by atoms with Crippen molar-refractivity contribution >= 4 is 27.9 Å². The van der Waals surface area contributed by atoms with Crippen LogP contribution in [0.3, 0.4) is 0 Å². The number of rotatable bonds is 4. The van der Waals surface area contributed by atoms with Crippen molar-refractivity contribution < 1.29 is 8.83 Å². The van der Waals surface area contributed by atoms with Gasteiger partial charge in [-0.3, -0.25) is 0 Å². The summed E-state index contributed by atoms with van der Waals surface area (Å²) in [6, 6.07) is 41.4. The molecule has 0 aliphatic heterocycles. The minimum absolute atomic E-state index is 0.142. The standard InChI is InChI=1S/C44H25N5O2/c1-44(2)34-11-5-4-10-30(34)31-17-16-25(22-35(31)44)40-29(23-45)21-32(41(47-3)33(40)24-46)26-18-27(42-48-36-12-6-8-14-38(36)50-42)20-28(19-26)43-49-37-13-7-9-15-39(37)51-43/h4-22H,1-2H3. The SMILES string of the molecule is [C-]#[N+]c1c(-c2cc(-c3nc4ccccc4o3)cc(-c3nc4ccccc4o3)c2)cc(C#N)c(-c2ccc3c(c2)C(C)(C)c2ccccc2-3)c1C#N. The maximum atomic E-state index is 10.7. The van der Waals surface area contributed by atoms with Crippen LogP contribution in [0.1, 0.15) is 36.1 Å². The summed E-state index contributed by atoms with van der Waals surface area (Å²) < 4.78 is 12.3. The minimum Gasteiger partial charge on any atom is -0.436 e. The van der Waals surface area contributed by atoms with Crippen LogP contribution >= 0.6 is 0 Å². The zero-order chi connectivity index (χ0) is 34.9.